The standard InChI is InChI=1S/C26H33N3O/c1(3-7-21-14-18-27-19-15-21)2-4-16-28-24-8-5-17-29-26(24)23-12-10-22(11-13-23)25-9-6-20-30-25/h5-6,8-9,14,16-18,20,22-23H,1-4,7,10-13,15,19H2. The van der Waals surface area contributed by atoms with E-state index in [-0.39, 0.29) is 0 Å². The lowest BCUT2D eigenvalue weighted by Gasteiger charge is -2.27. The van der Waals surface area contributed by atoms with Gasteiger partial charge in [-0.3, -0.25) is 15.0 Å². The highest BCUT2D eigenvalue weighted by Gasteiger charge is 2.27. The van der Waals surface area contributed by atoms with Crippen LogP contribution in [0.2, 0.25) is 0 Å². The zero-order valence-corrected chi connectivity index (χ0v) is 17.9. The van der Waals surface area contributed by atoms with E-state index in [1.807, 2.05) is 24.5 Å². The maximum Gasteiger partial charge on any atom is 0.106 e. The van der Waals surface area contributed by atoms with Gasteiger partial charge in [-0.15, -0.1) is 0 Å². The summed E-state index contributed by atoms with van der Waals surface area (Å²) in [6.07, 6.45) is 21.7. The lowest BCUT2D eigenvalue weighted by molar-refractivity contribution is 0.345. The van der Waals surface area contributed by atoms with Gasteiger partial charge in [0.25, 0.3) is 0 Å². The van der Waals surface area contributed by atoms with E-state index in [2.05, 4.69) is 29.4 Å². The Bertz CT molecular complexity index is 858. The van der Waals surface area contributed by atoms with E-state index in [4.69, 9.17) is 14.4 Å². The smallest absolute Gasteiger partial charge is 0.106 e. The number of allylic oxidation sites excluding steroid dienone is 1. The molecule has 0 amide bonds. The van der Waals surface area contributed by atoms with E-state index in [0.29, 0.717) is 11.8 Å². The number of hydrogen-bond donors (Lipinski definition) is 0. The molecule has 0 saturated heterocycles. The lowest BCUT2D eigenvalue weighted by atomic mass is 9.79. The topological polar surface area (TPSA) is 50.8 Å². The largest absolute Gasteiger partial charge is 0.469 e. The molecule has 2 aromatic heterocycles. The summed E-state index contributed by atoms with van der Waals surface area (Å²) >= 11 is 0. The summed E-state index contributed by atoms with van der Waals surface area (Å²) in [6.45, 7) is 0.969. The number of aliphatic imine (C=N–C) groups is 2. The van der Waals surface area contributed by atoms with Crippen LogP contribution in [0.5, 0.6) is 0 Å². The molecule has 0 spiro atoms. The minimum atomic E-state index is 0.511. The number of nitrogens with zero attached hydrogens (tertiary/aromatic N) is 3. The molecule has 4 nitrogen and oxygen atoms in total. The van der Waals surface area contributed by atoms with Crippen LogP contribution in [-0.2, 0) is 0 Å². The van der Waals surface area contributed by atoms with Gasteiger partial charge in [-0.1, -0.05) is 12.0 Å². The van der Waals surface area contributed by atoms with Gasteiger partial charge in [0.2, 0.25) is 0 Å². The van der Waals surface area contributed by atoms with Crippen LogP contribution in [0.15, 0.2) is 62.8 Å². The molecule has 0 unspecified atom stereocenters. The average molecular weight is 404 g/mol. The van der Waals surface area contributed by atoms with Crippen LogP contribution in [0.3, 0.4) is 0 Å². The van der Waals surface area contributed by atoms with Gasteiger partial charge < -0.3 is 4.42 Å². The van der Waals surface area contributed by atoms with Crippen molar-refractivity contribution in [1.29, 1.82) is 0 Å². The van der Waals surface area contributed by atoms with Crippen LogP contribution in [-0.4, -0.2) is 24.0 Å². The number of unbranched alkanes of at least 4 members (excludes halogenated alkanes) is 3. The first kappa shape index (κ1) is 20.8. The number of dihydropyridines is 1. The number of furan rings is 1. The minimum Gasteiger partial charge on any atom is -0.469 e. The number of hydrogen-bond acceptors (Lipinski definition) is 4. The second-order valence-electron chi connectivity index (χ2n) is 8.51. The summed E-state index contributed by atoms with van der Waals surface area (Å²) in [5, 5.41) is 0. The number of aromatic nitrogens is 1. The predicted molar refractivity (Wildman–Crippen MR) is 124 cm³/mol. The van der Waals surface area contributed by atoms with E-state index in [1.54, 1.807) is 11.8 Å². The fourth-order valence-corrected chi connectivity index (χ4v) is 4.67. The summed E-state index contributed by atoms with van der Waals surface area (Å²) in [5.74, 6) is 2.21. The second-order valence-corrected chi connectivity index (χ2v) is 8.51. The summed E-state index contributed by atoms with van der Waals surface area (Å²) in [6, 6.07) is 8.23. The Balaban J connectivity index is 1.22. The van der Waals surface area contributed by atoms with E-state index in [0.717, 1.165) is 43.7 Å². The summed E-state index contributed by atoms with van der Waals surface area (Å²) < 4.78 is 5.62. The van der Waals surface area contributed by atoms with Crippen molar-refractivity contribution >= 4 is 18.1 Å². The maximum atomic E-state index is 5.62. The SMILES string of the molecule is C1=NCCC(CCCCCC=Nc2cccnc2C2CCC(c3ccco3)CC2)=C1. The van der Waals surface area contributed by atoms with Crippen LogP contribution < -0.4 is 0 Å². The van der Waals surface area contributed by atoms with Crippen molar-refractivity contribution in [2.75, 3.05) is 6.54 Å². The monoisotopic (exact) mass is 403 g/mol. The quantitative estimate of drug-likeness (QED) is 0.329. The van der Waals surface area contributed by atoms with Gasteiger partial charge in [0.1, 0.15) is 5.76 Å². The first-order valence-electron chi connectivity index (χ1n) is 11.6. The third-order valence-corrected chi connectivity index (χ3v) is 6.41. The molecule has 30 heavy (non-hydrogen) atoms. The average Bonchev–Trinajstić information content (AvgIpc) is 3.35. The summed E-state index contributed by atoms with van der Waals surface area (Å²) in [7, 11) is 0. The van der Waals surface area contributed by atoms with Crippen molar-refractivity contribution in [2.45, 2.75) is 76.0 Å². The zero-order chi connectivity index (χ0) is 20.4. The van der Waals surface area contributed by atoms with E-state index < -0.39 is 0 Å². The Kier molecular flexibility index (Phi) is 7.65. The summed E-state index contributed by atoms with van der Waals surface area (Å²) in [5.41, 5.74) is 3.79. The number of rotatable bonds is 9. The summed E-state index contributed by atoms with van der Waals surface area (Å²) in [4.78, 5) is 13.8. The van der Waals surface area contributed by atoms with Crippen LogP contribution in [0, 0.1) is 0 Å². The fourth-order valence-electron chi connectivity index (χ4n) is 4.67. The van der Waals surface area contributed by atoms with Crippen molar-refractivity contribution < 1.29 is 4.42 Å². The molecule has 1 saturated carbocycles. The second kappa shape index (κ2) is 11.1. The molecule has 0 bridgehead atoms. The van der Waals surface area contributed by atoms with Crippen molar-refractivity contribution in [2.24, 2.45) is 9.98 Å². The molecule has 1 aliphatic heterocycles. The van der Waals surface area contributed by atoms with Gasteiger partial charge in [-0.2, -0.15) is 0 Å². The molecule has 3 heterocycles. The van der Waals surface area contributed by atoms with Crippen molar-refractivity contribution in [3.05, 3.63) is 59.8 Å². The normalized spacial score (nSPS) is 21.8. The van der Waals surface area contributed by atoms with Gasteiger partial charge >= 0.3 is 0 Å². The highest BCUT2D eigenvalue weighted by Crippen LogP contribution is 2.42. The third-order valence-electron chi connectivity index (χ3n) is 6.41. The van der Waals surface area contributed by atoms with Crippen LogP contribution in [0.4, 0.5) is 5.69 Å². The molecule has 4 rings (SSSR count). The van der Waals surface area contributed by atoms with E-state index in [9.17, 15) is 0 Å². The van der Waals surface area contributed by atoms with Crippen molar-refractivity contribution in [3.8, 4) is 0 Å². The Hall–Kier alpha value is -2.49. The van der Waals surface area contributed by atoms with Crippen LogP contribution in [0.1, 0.15) is 87.5 Å². The van der Waals surface area contributed by atoms with E-state index in [1.165, 1.54) is 44.2 Å². The van der Waals surface area contributed by atoms with Crippen LogP contribution in [0.25, 0.3) is 0 Å². The minimum absolute atomic E-state index is 0.511. The molecule has 4 heteroatoms. The molecular weight excluding hydrogens is 370 g/mol. The molecule has 0 N–H and O–H groups in total. The predicted octanol–water partition coefficient (Wildman–Crippen LogP) is 7.17. The van der Waals surface area contributed by atoms with Gasteiger partial charge in [0.15, 0.2) is 0 Å². The molecule has 2 aromatic rings. The van der Waals surface area contributed by atoms with Gasteiger partial charge in [0, 0.05) is 37.0 Å². The Morgan fingerprint density at radius 3 is 2.73 bits per heavy atom. The molecule has 1 fully saturated rings. The van der Waals surface area contributed by atoms with Gasteiger partial charge in [-0.05, 0) is 88.1 Å². The van der Waals surface area contributed by atoms with Crippen LogP contribution >= 0.6 is 0 Å². The van der Waals surface area contributed by atoms with Crippen molar-refractivity contribution in [3.63, 3.8) is 0 Å². The highest BCUT2D eigenvalue weighted by molar-refractivity contribution is 5.73. The molecule has 1 aliphatic carbocycles. The van der Waals surface area contributed by atoms with E-state index >= 15 is 0 Å². The Morgan fingerprint density at radius 1 is 1.03 bits per heavy atom. The molecule has 2 aliphatic rings. The Labute approximate surface area is 180 Å². The van der Waals surface area contributed by atoms with Crippen molar-refractivity contribution in [1.82, 2.24) is 4.98 Å². The Morgan fingerprint density at radius 2 is 1.93 bits per heavy atom. The first-order chi connectivity index (χ1) is 14.9. The van der Waals surface area contributed by atoms with Gasteiger partial charge in [0.05, 0.1) is 17.6 Å². The molecule has 0 aromatic carbocycles. The first-order valence-corrected chi connectivity index (χ1v) is 11.6. The maximum absolute atomic E-state index is 5.62. The zero-order valence-electron chi connectivity index (χ0n) is 17.9. The van der Waals surface area contributed by atoms with Gasteiger partial charge in [-0.25, -0.2) is 0 Å². The number of pyridine rings is 1. The lowest BCUT2D eigenvalue weighted by Crippen LogP contribution is -2.12. The molecule has 0 atom stereocenters. The highest BCUT2D eigenvalue weighted by atomic mass is 16.3. The fraction of sp³-hybridized carbons (Fsp3) is 0.500. The third kappa shape index (κ3) is 5.78. The molecular formula is C26H33N3O. The molecule has 0 radical (unpaired) electrons. The molecule has 158 valence electrons.